The predicted molar refractivity (Wildman–Crippen MR) is 279 cm³/mol. The fraction of sp³-hybridized carbons (Fsp3) is 0.0303. The molecule has 11 aromatic carbocycles. The smallest absolute Gasteiger partial charge is 0.0713 e. The molecule has 0 aromatic heterocycles. The van der Waals surface area contributed by atoms with Gasteiger partial charge >= 0.3 is 0 Å². The van der Waals surface area contributed by atoms with Gasteiger partial charge in [-0.2, -0.15) is 0 Å². The highest BCUT2D eigenvalue weighted by Gasteiger charge is 2.47. The molecule has 11 aromatic rings. The second-order valence-corrected chi connectivity index (χ2v) is 17.4. The number of rotatable bonds is 8. The molecule has 0 spiro atoms. The Balaban J connectivity index is 1.00. The van der Waals surface area contributed by atoms with E-state index >= 15 is 0 Å². The van der Waals surface area contributed by atoms with Crippen molar-refractivity contribution in [3.63, 3.8) is 0 Å². The van der Waals surface area contributed by atoms with Crippen LogP contribution in [0.2, 0.25) is 0 Å². The molecule has 0 unspecified atom stereocenters. The van der Waals surface area contributed by atoms with Gasteiger partial charge in [0.15, 0.2) is 0 Å². The van der Waals surface area contributed by atoms with Crippen molar-refractivity contribution < 1.29 is 9.60 Å². The molecule has 0 aliphatic heterocycles. The molecule has 0 bridgehead atoms. The van der Waals surface area contributed by atoms with Crippen molar-refractivity contribution in [3.8, 4) is 33.4 Å². The van der Waals surface area contributed by atoms with E-state index in [0.717, 1.165) is 28.2 Å². The van der Waals surface area contributed by atoms with Gasteiger partial charge in [0, 0.05) is 17.1 Å². The predicted octanol–water partition coefficient (Wildman–Crippen LogP) is 16.7. The topological polar surface area (TPSA) is 3.24 Å². The van der Waals surface area contributed by atoms with Gasteiger partial charge in [0.05, 0.1) is 20.4 Å². The highest BCUT2D eigenvalue weighted by molar-refractivity contribution is 5.97. The molecule has 0 saturated heterocycles. The lowest BCUT2D eigenvalue weighted by atomic mass is 9.67. The SMILES string of the molecule is [2H]c1c([2H])c([2H])c2c(-c3ccc(N(c4ccc(C5(c6ccccc6)c6ccccc6-c6ccccc65)cc4)c4ccc(C5(c6ccccc6)c6ccccc6-c6ccccc65)cc4)cc3)c([2H])c([2H])c([2H])c2c1[2H]. The summed E-state index contributed by atoms with van der Waals surface area (Å²) in [6.07, 6.45) is 0. The molecule has 0 amide bonds. The summed E-state index contributed by atoms with van der Waals surface area (Å²) in [5.74, 6) is 0. The summed E-state index contributed by atoms with van der Waals surface area (Å²) >= 11 is 0. The third kappa shape index (κ3) is 5.81. The van der Waals surface area contributed by atoms with E-state index in [1.807, 2.05) is 24.3 Å². The Morgan fingerprint density at radius 2 is 0.627 bits per heavy atom. The maximum absolute atomic E-state index is 9.10. The number of nitrogens with zero attached hydrogens (tertiary/aromatic N) is 1. The number of hydrogen-bond acceptors (Lipinski definition) is 1. The van der Waals surface area contributed by atoms with Crippen molar-refractivity contribution in [1.29, 1.82) is 0 Å². The van der Waals surface area contributed by atoms with Crippen molar-refractivity contribution in [2.75, 3.05) is 4.90 Å². The minimum absolute atomic E-state index is 0.0580. The molecule has 0 radical (unpaired) electrons. The minimum atomic E-state index is -0.585. The highest BCUT2D eigenvalue weighted by Crippen LogP contribution is 2.58. The second kappa shape index (κ2) is 15.6. The molecule has 2 aliphatic rings. The first-order valence-corrected chi connectivity index (χ1v) is 22.8. The maximum atomic E-state index is 9.10. The molecule has 0 saturated carbocycles. The average Bonchev–Trinajstić information content (AvgIpc) is 3.95. The van der Waals surface area contributed by atoms with Crippen LogP contribution in [-0.2, 0) is 10.8 Å². The van der Waals surface area contributed by atoms with Gasteiger partial charge in [-0.1, -0.05) is 236 Å². The molecule has 314 valence electrons. The summed E-state index contributed by atoms with van der Waals surface area (Å²) < 4.78 is 61.2. The van der Waals surface area contributed by atoms with E-state index in [4.69, 9.17) is 9.60 Å². The van der Waals surface area contributed by atoms with Crippen molar-refractivity contribution in [2.45, 2.75) is 10.8 Å². The average molecular weight is 859 g/mol. The minimum Gasteiger partial charge on any atom is -0.311 e. The first-order valence-electron chi connectivity index (χ1n) is 26.3. The third-order valence-corrected chi connectivity index (χ3v) is 14.2. The molecule has 67 heavy (non-hydrogen) atoms. The van der Waals surface area contributed by atoms with Crippen LogP contribution >= 0.6 is 0 Å². The molecule has 2 aliphatic carbocycles. The van der Waals surface area contributed by atoms with Crippen molar-refractivity contribution >= 4 is 27.8 Å². The van der Waals surface area contributed by atoms with Crippen LogP contribution in [0.5, 0.6) is 0 Å². The standard InChI is InChI=1S/C66H45N/c1-3-20-48(21-4-1)65(61-30-13-9-25-57(61)58-26-10-14-31-62(58)65)50-36-42-53(43-37-50)67(52-40-34-47(35-41-52)56-29-17-19-46-18-7-8-24-55(46)56)54-44-38-51(39-45-54)66(49-22-5-2-6-23-49)63-32-15-11-27-59(63)60-28-12-16-33-64(60)66/h1-45H/i7D,8D,17D,18D,19D,24D,29D. The summed E-state index contributed by atoms with van der Waals surface area (Å²) in [6.45, 7) is 0. The lowest BCUT2D eigenvalue weighted by Gasteiger charge is -2.35. The Morgan fingerprint density at radius 3 is 1.06 bits per heavy atom. The normalized spacial score (nSPS) is 15.1. The van der Waals surface area contributed by atoms with E-state index < -0.39 is 41.0 Å². The van der Waals surface area contributed by atoms with E-state index in [1.165, 1.54) is 55.6 Å². The number of benzene rings is 11. The van der Waals surface area contributed by atoms with Crippen LogP contribution < -0.4 is 4.90 Å². The van der Waals surface area contributed by atoms with E-state index in [1.54, 1.807) is 0 Å². The summed E-state index contributed by atoms with van der Waals surface area (Å²) in [6, 6.07) is 79.0. The summed E-state index contributed by atoms with van der Waals surface area (Å²) in [5.41, 5.74) is 16.5. The van der Waals surface area contributed by atoms with Gasteiger partial charge in [0.25, 0.3) is 0 Å². The van der Waals surface area contributed by atoms with Gasteiger partial charge in [-0.15, -0.1) is 0 Å². The Bertz CT molecular complexity index is 3740. The largest absolute Gasteiger partial charge is 0.311 e. The van der Waals surface area contributed by atoms with E-state index in [9.17, 15) is 0 Å². The molecular formula is C66H45N. The van der Waals surface area contributed by atoms with Gasteiger partial charge in [-0.3, -0.25) is 0 Å². The Morgan fingerprint density at radius 1 is 0.284 bits per heavy atom. The van der Waals surface area contributed by atoms with E-state index in [0.29, 0.717) is 5.56 Å². The van der Waals surface area contributed by atoms with E-state index in [-0.39, 0.29) is 28.4 Å². The zero-order chi connectivity index (χ0) is 50.5. The van der Waals surface area contributed by atoms with Gasteiger partial charge in [0.1, 0.15) is 0 Å². The molecule has 0 atom stereocenters. The molecule has 0 heterocycles. The zero-order valence-electron chi connectivity index (χ0n) is 43.4. The van der Waals surface area contributed by atoms with Crippen LogP contribution in [0.3, 0.4) is 0 Å². The van der Waals surface area contributed by atoms with Gasteiger partial charge < -0.3 is 4.90 Å². The molecule has 1 nitrogen and oxygen atoms in total. The Labute approximate surface area is 402 Å². The van der Waals surface area contributed by atoms with Crippen LogP contribution in [0, 0.1) is 0 Å². The lowest BCUT2D eigenvalue weighted by molar-refractivity contribution is 0.768. The van der Waals surface area contributed by atoms with Crippen LogP contribution in [0.4, 0.5) is 17.1 Å². The monoisotopic (exact) mass is 858 g/mol. The molecule has 13 rings (SSSR count). The van der Waals surface area contributed by atoms with Crippen molar-refractivity contribution in [1.82, 2.24) is 0 Å². The molecule has 1 heteroatoms. The summed E-state index contributed by atoms with van der Waals surface area (Å²) in [7, 11) is 0. The van der Waals surface area contributed by atoms with E-state index in [2.05, 4.69) is 211 Å². The molecular weight excluding hydrogens is 807 g/mol. The second-order valence-electron chi connectivity index (χ2n) is 17.4. The fourth-order valence-corrected chi connectivity index (χ4v) is 11.4. The van der Waals surface area contributed by atoms with Crippen molar-refractivity contribution in [2.24, 2.45) is 0 Å². The van der Waals surface area contributed by atoms with Gasteiger partial charge in [0.2, 0.25) is 0 Å². The number of hydrogen-bond donors (Lipinski definition) is 0. The maximum Gasteiger partial charge on any atom is 0.0713 e. The third-order valence-electron chi connectivity index (χ3n) is 14.2. The molecule has 0 N–H and O–H groups in total. The summed E-state index contributed by atoms with van der Waals surface area (Å²) in [4.78, 5) is 2.21. The van der Waals surface area contributed by atoms with Crippen LogP contribution in [0.15, 0.2) is 273 Å². The highest BCUT2D eigenvalue weighted by atomic mass is 15.1. The fourth-order valence-electron chi connectivity index (χ4n) is 11.4. The molecule has 0 fully saturated rings. The van der Waals surface area contributed by atoms with Crippen LogP contribution in [0.25, 0.3) is 44.2 Å². The van der Waals surface area contributed by atoms with Gasteiger partial charge in [-0.05, 0) is 125 Å². The number of anilines is 3. The van der Waals surface area contributed by atoms with Crippen molar-refractivity contribution in [3.05, 3.63) is 317 Å². The lowest BCUT2D eigenvalue weighted by Crippen LogP contribution is -2.28. The van der Waals surface area contributed by atoms with Crippen LogP contribution in [0.1, 0.15) is 54.1 Å². The van der Waals surface area contributed by atoms with Crippen LogP contribution in [-0.4, -0.2) is 0 Å². The Kier molecular flexibility index (Phi) is 7.49. The quantitative estimate of drug-likeness (QED) is 0.147. The zero-order valence-corrected chi connectivity index (χ0v) is 36.4. The first kappa shape index (κ1) is 32.2. The summed E-state index contributed by atoms with van der Waals surface area (Å²) in [5, 5.41) is -0.0120. The number of fused-ring (bicyclic) bond motifs is 7. The Hall–Kier alpha value is -8.52. The first-order chi connectivity index (χ1) is 36.1. The van der Waals surface area contributed by atoms with Gasteiger partial charge in [-0.25, -0.2) is 0 Å².